The van der Waals surface area contributed by atoms with Crippen LogP contribution in [0.15, 0.2) is 10.5 Å². The van der Waals surface area contributed by atoms with Crippen molar-refractivity contribution in [2.75, 3.05) is 7.11 Å². The maximum atomic E-state index is 12.3. The van der Waals surface area contributed by atoms with Gasteiger partial charge >= 0.3 is 20.2 Å². The molecule has 148 valence electrons. The number of hydrogen-bond acceptors (Lipinski definition) is 7. The summed E-state index contributed by atoms with van der Waals surface area (Å²) in [6.45, 7) is 15.6. The zero-order valence-corrected chi connectivity index (χ0v) is 17.6. The molecule has 1 aromatic rings. The van der Waals surface area contributed by atoms with Crippen LogP contribution >= 0.6 is 0 Å². The van der Waals surface area contributed by atoms with Crippen molar-refractivity contribution in [1.29, 1.82) is 0 Å². The number of carbonyl (C=O) groups is 1. The molecule has 0 N–H and O–H groups in total. The summed E-state index contributed by atoms with van der Waals surface area (Å²) in [4.78, 5) is 12.3. The minimum atomic E-state index is -0.760. The van der Waals surface area contributed by atoms with Crippen molar-refractivity contribution in [1.82, 2.24) is 0 Å². The number of rotatable bonds is 3. The van der Waals surface area contributed by atoms with E-state index >= 15 is 0 Å². The lowest BCUT2D eigenvalue weighted by Gasteiger charge is -2.32. The highest BCUT2D eigenvalue weighted by atomic mass is 16.7. The van der Waals surface area contributed by atoms with Crippen LogP contribution in [0.4, 0.5) is 0 Å². The molecule has 3 rings (SSSR count). The van der Waals surface area contributed by atoms with E-state index in [-0.39, 0.29) is 5.76 Å². The van der Waals surface area contributed by atoms with Crippen molar-refractivity contribution >= 4 is 31.3 Å². The van der Waals surface area contributed by atoms with Gasteiger partial charge in [-0.3, -0.25) is 0 Å². The lowest BCUT2D eigenvalue weighted by atomic mass is 9.76. The normalized spacial score (nSPS) is 25.1. The first-order chi connectivity index (χ1) is 12.2. The molecule has 2 saturated heterocycles. The van der Waals surface area contributed by atoms with E-state index in [1.165, 1.54) is 7.11 Å². The molecule has 2 fully saturated rings. The summed E-state index contributed by atoms with van der Waals surface area (Å²) >= 11 is 0. The number of ether oxygens (including phenoxy) is 1. The molecule has 9 heteroatoms. The van der Waals surface area contributed by atoms with Crippen LogP contribution in [0.5, 0.6) is 0 Å². The second-order valence-electron chi connectivity index (χ2n) is 9.10. The van der Waals surface area contributed by atoms with Crippen molar-refractivity contribution in [3.8, 4) is 0 Å². The van der Waals surface area contributed by atoms with Gasteiger partial charge in [0.1, 0.15) is 5.66 Å². The molecule has 0 aliphatic carbocycles. The Labute approximate surface area is 161 Å². The summed E-state index contributed by atoms with van der Waals surface area (Å²) in [5, 5.41) is 0. The Hall–Kier alpha value is -1.28. The van der Waals surface area contributed by atoms with E-state index in [1.54, 1.807) is 6.07 Å². The van der Waals surface area contributed by atoms with Crippen LogP contribution in [0, 0.1) is 0 Å². The molecule has 0 saturated carbocycles. The summed E-state index contributed by atoms with van der Waals surface area (Å²) in [6, 6.07) is 1.69. The van der Waals surface area contributed by atoms with E-state index in [0.717, 1.165) is 0 Å². The lowest BCUT2D eigenvalue weighted by molar-refractivity contribution is 0.00578. The first kappa shape index (κ1) is 20.5. The maximum absolute atomic E-state index is 12.3. The predicted octanol–water partition coefficient (Wildman–Crippen LogP) is 1.66. The summed E-state index contributed by atoms with van der Waals surface area (Å²) in [7, 11) is -0.202. The summed E-state index contributed by atoms with van der Waals surface area (Å²) < 4.78 is 34.9. The second kappa shape index (κ2) is 6.11. The standard InChI is InChI=1S/C18H28B2O7/c1-15(2)16(3,4)25-19(24-15)11-10-12(23-13(11)14(21)22-9)20-26-17(5,6)18(7,8)27-20/h10H,1-9H3. The van der Waals surface area contributed by atoms with Gasteiger partial charge in [0.05, 0.1) is 29.5 Å². The molecule has 0 spiro atoms. The molecule has 3 heterocycles. The number of methoxy groups -OCH3 is 1. The fourth-order valence-corrected chi connectivity index (χ4v) is 2.90. The van der Waals surface area contributed by atoms with Crippen molar-refractivity contribution < 1.29 is 32.6 Å². The molecule has 0 bridgehead atoms. The fraction of sp³-hybridized carbons (Fsp3) is 0.722. The first-order valence-electron chi connectivity index (χ1n) is 9.14. The molecule has 0 amide bonds. The molecular weight excluding hydrogens is 350 g/mol. The molecule has 7 nitrogen and oxygen atoms in total. The van der Waals surface area contributed by atoms with Gasteiger partial charge in [0.25, 0.3) is 0 Å². The third kappa shape index (κ3) is 3.24. The van der Waals surface area contributed by atoms with E-state index in [0.29, 0.717) is 11.1 Å². The van der Waals surface area contributed by atoms with Crippen LogP contribution < -0.4 is 11.1 Å². The number of furan rings is 1. The Kier molecular flexibility index (Phi) is 4.63. The van der Waals surface area contributed by atoms with Crippen molar-refractivity contribution in [2.24, 2.45) is 0 Å². The van der Waals surface area contributed by atoms with Crippen LogP contribution in [-0.4, -0.2) is 49.7 Å². The highest BCUT2D eigenvalue weighted by Gasteiger charge is 2.56. The van der Waals surface area contributed by atoms with Crippen molar-refractivity contribution in [3.05, 3.63) is 11.8 Å². The van der Waals surface area contributed by atoms with E-state index in [1.807, 2.05) is 55.4 Å². The van der Waals surface area contributed by atoms with Crippen molar-refractivity contribution in [3.63, 3.8) is 0 Å². The second-order valence-corrected chi connectivity index (χ2v) is 9.10. The topological polar surface area (TPSA) is 76.4 Å². The quantitative estimate of drug-likeness (QED) is 0.585. The van der Waals surface area contributed by atoms with Gasteiger partial charge in [-0.05, 0) is 61.5 Å². The van der Waals surface area contributed by atoms with Gasteiger partial charge in [-0.15, -0.1) is 0 Å². The van der Waals surface area contributed by atoms with Crippen LogP contribution in [0.1, 0.15) is 65.9 Å². The molecular formula is C18H28B2O7. The van der Waals surface area contributed by atoms with Crippen LogP contribution in [0.2, 0.25) is 0 Å². The van der Waals surface area contributed by atoms with Crippen LogP contribution in [0.25, 0.3) is 0 Å². The molecule has 2 aliphatic rings. The van der Waals surface area contributed by atoms with Crippen LogP contribution in [-0.2, 0) is 23.4 Å². The molecule has 0 atom stereocenters. The Morgan fingerprint density at radius 1 is 0.815 bits per heavy atom. The summed E-state index contributed by atoms with van der Waals surface area (Å²) in [6.07, 6.45) is 0. The molecule has 0 radical (unpaired) electrons. The molecule has 0 aromatic carbocycles. The van der Waals surface area contributed by atoms with Gasteiger partial charge in [0.2, 0.25) is 5.76 Å². The van der Waals surface area contributed by atoms with Gasteiger partial charge in [-0.1, -0.05) is 0 Å². The minimum Gasteiger partial charge on any atom is -0.463 e. The van der Waals surface area contributed by atoms with Crippen molar-refractivity contribution in [2.45, 2.75) is 77.8 Å². The zero-order valence-electron chi connectivity index (χ0n) is 17.6. The van der Waals surface area contributed by atoms with E-state index in [4.69, 9.17) is 27.8 Å². The Morgan fingerprint density at radius 2 is 1.22 bits per heavy atom. The molecule has 27 heavy (non-hydrogen) atoms. The monoisotopic (exact) mass is 378 g/mol. The van der Waals surface area contributed by atoms with E-state index in [2.05, 4.69) is 0 Å². The maximum Gasteiger partial charge on any atom is 0.532 e. The van der Waals surface area contributed by atoms with E-state index < -0.39 is 42.6 Å². The molecule has 1 aromatic heterocycles. The number of esters is 1. The van der Waals surface area contributed by atoms with Crippen LogP contribution in [0.3, 0.4) is 0 Å². The third-order valence-corrected chi connectivity index (χ3v) is 6.14. The van der Waals surface area contributed by atoms with Gasteiger partial charge in [0.15, 0.2) is 0 Å². The molecule has 0 unspecified atom stereocenters. The smallest absolute Gasteiger partial charge is 0.463 e. The zero-order chi connectivity index (χ0) is 20.4. The number of hydrogen-bond donors (Lipinski definition) is 0. The highest BCUT2D eigenvalue weighted by molar-refractivity contribution is 6.66. The average Bonchev–Trinajstić information content (AvgIpc) is 3.11. The first-order valence-corrected chi connectivity index (χ1v) is 9.14. The largest absolute Gasteiger partial charge is 0.532 e. The van der Waals surface area contributed by atoms with Gasteiger partial charge in [-0.25, -0.2) is 4.79 Å². The SMILES string of the molecule is COC(=O)c1oc(B2OC(C)(C)C(C)(C)O2)cc1B1OC(C)(C)C(C)(C)O1. The average molecular weight is 378 g/mol. The highest BCUT2D eigenvalue weighted by Crippen LogP contribution is 2.38. The Morgan fingerprint density at radius 3 is 1.63 bits per heavy atom. The van der Waals surface area contributed by atoms with Gasteiger partial charge in [0, 0.05) is 5.46 Å². The van der Waals surface area contributed by atoms with Gasteiger partial charge < -0.3 is 27.8 Å². The lowest BCUT2D eigenvalue weighted by Crippen LogP contribution is -2.41. The number of carbonyl (C=O) groups excluding carboxylic acids is 1. The predicted molar refractivity (Wildman–Crippen MR) is 101 cm³/mol. The third-order valence-electron chi connectivity index (χ3n) is 6.14. The molecule has 2 aliphatic heterocycles. The fourth-order valence-electron chi connectivity index (χ4n) is 2.90. The Balaban J connectivity index is 1.98. The summed E-state index contributed by atoms with van der Waals surface area (Å²) in [5.74, 6) is -0.580. The summed E-state index contributed by atoms with van der Waals surface area (Å²) in [5.41, 5.74) is -1.32. The van der Waals surface area contributed by atoms with E-state index in [9.17, 15) is 4.79 Å². The van der Waals surface area contributed by atoms with Gasteiger partial charge in [-0.2, -0.15) is 0 Å². The minimum absolute atomic E-state index is 0.0284. The Bertz CT molecular complexity index is 719.